The molecule has 0 aliphatic carbocycles. The highest BCUT2D eigenvalue weighted by Gasteiger charge is 2.25. The largest absolute Gasteiger partial charge is 0.489 e. The van der Waals surface area contributed by atoms with E-state index in [-0.39, 0.29) is 17.3 Å². The zero-order chi connectivity index (χ0) is 11.7. The molecule has 1 aromatic carbocycles. The van der Waals surface area contributed by atoms with Crippen LogP contribution in [0.5, 0.6) is 5.75 Å². The number of para-hydroxylation sites is 1. The summed E-state index contributed by atoms with van der Waals surface area (Å²) in [6.45, 7) is 5.85. The van der Waals surface area contributed by atoms with E-state index in [0.717, 1.165) is 16.3 Å². The molecular weight excluding hydrogens is 222 g/mol. The average Bonchev–Trinajstić information content (AvgIpc) is 2.20. The van der Waals surface area contributed by atoms with Crippen molar-refractivity contribution in [1.82, 2.24) is 0 Å². The Balaban J connectivity index is 2.36. The van der Waals surface area contributed by atoms with Crippen molar-refractivity contribution in [3.8, 4) is 5.75 Å². The number of anilines is 1. The van der Waals surface area contributed by atoms with Crippen molar-refractivity contribution in [3.05, 3.63) is 18.2 Å². The minimum absolute atomic E-state index is 0.0392. The number of rotatable bonds is 2. The van der Waals surface area contributed by atoms with E-state index in [1.165, 1.54) is 0 Å². The molecule has 0 bridgehead atoms. The summed E-state index contributed by atoms with van der Waals surface area (Å²) in [6, 6.07) is 5.84. The first kappa shape index (κ1) is 11.3. The van der Waals surface area contributed by atoms with Gasteiger partial charge in [-0.2, -0.15) is 0 Å². The van der Waals surface area contributed by atoms with E-state index in [0.29, 0.717) is 0 Å². The van der Waals surface area contributed by atoms with Crippen LogP contribution in [0.3, 0.4) is 0 Å². The number of ether oxygens (including phenoxy) is 1. The van der Waals surface area contributed by atoms with Gasteiger partial charge in [0.15, 0.2) is 0 Å². The molecule has 0 aromatic heterocycles. The zero-order valence-electron chi connectivity index (χ0n) is 9.61. The maximum atomic E-state index is 11.6. The first-order valence-corrected chi connectivity index (χ1v) is 6.23. The third-order valence-electron chi connectivity index (χ3n) is 2.27. The highest BCUT2D eigenvalue weighted by molar-refractivity contribution is 8.01. The van der Waals surface area contributed by atoms with Crippen LogP contribution in [0.15, 0.2) is 23.1 Å². The lowest BCUT2D eigenvalue weighted by Crippen LogP contribution is -2.27. The minimum Gasteiger partial charge on any atom is -0.489 e. The van der Waals surface area contributed by atoms with E-state index in [9.17, 15) is 4.79 Å². The molecule has 4 heteroatoms. The molecule has 0 saturated heterocycles. The van der Waals surface area contributed by atoms with Crippen molar-refractivity contribution in [2.45, 2.75) is 37.0 Å². The molecule has 1 heterocycles. The van der Waals surface area contributed by atoms with Gasteiger partial charge in [0, 0.05) is 4.90 Å². The molecule has 86 valence electrons. The molecule has 1 aliphatic heterocycles. The smallest absolute Gasteiger partial charge is 0.237 e. The Hall–Kier alpha value is -1.16. The van der Waals surface area contributed by atoms with E-state index in [1.807, 2.05) is 39.0 Å². The third-order valence-corrected chi connectivity index (χ3v) is 3.43. The van der Waals surface area contributed by atoms with Crippen molar-refractivity contribution in [3.63, 3.8) is 0 Å². The zero-order valence-corrected chi connectivity index (χ0v) is 10.4. The van der Waals surface area contributed by atoms with Crippen LogP contribution in [0, 0.1) is 0 Å². The van der Waals surface area contributed by atoms with Gasteiger partial charge in [0.05, 0.1) is 17.0 Å². The van der Waals surface area contributed by atoms with Crippen LogP contribution < -0.4 is 10.1 Å². The lowest BCUT2D eigenvalue weighted by Gasteiger charge is -2.24. The minimum atomic E-state index is -0.0400. The molecule has 1 unspecified atom stereocenters. The van der Waals surface area contributed by atoms with E-state index in [1.54, 1.807) is 11.8 Å². The molecule has 2 rings (SSSR count). The Morgan fingerprint density at radius 1 is 1.44 bits per heavy atom. The Kier molecular flexibility index (Phi) is 3.10. The maximum absolute atomic E-state index is 11.6. The average molecular weight is 237 g/mol. The second-order valence-electron chi connectivity index (χ2n) is 4.05. The van der Waals surface area contributed by atoms with E-state index in [2.05, 4.69) is 5.32 Å². The monoisotopic (exact) mass is 237 g/mol. The van der Waals surface area contributed by atoms with E-state index in [4.69, 9.17) is 4.74 Å². The van der Waals surface area contributed by atoms with Gasteiger partial charge in [-0.05, 0) is 32.9 Å². The van der Waals surface area contributed by atoms with Gasteiger partial charge >= 0.3 is 0 Å². The van der Waals surface area contributed by atoms with Crippen molar-refractivity contribution < 1.29 is 9.53 Å². The van der Waals surface area contributed by atoms with Crippen molar-refractivity contribution in [1.29, 1.82) is 0 Å². The van der Waals surface area contributed by atoms with Crippen molar-refractivity contribution in [2.24, 2.45) is 0 Å². The van der Waals surface area contributed by atoms with Gasteiger partial charge in [-0.3, -0.25) is 4.79 Å². The van der Waals surface area contributed by atoms with Crippen LogP contribution in [0.4, 0.5) is 5.69 Å². The predicted molar refractivity (Wildman–Crippen MR) is 66.2 cm³/mol. The number of hydrogen-bond donors (Lipinski definition) is 1. The fourth-order valence-electron chi connectivity index (χ4n) is 1.55. The number of fused-ring (bicyclic) bond motifs is 1. The summed E-state index contributed by atoms with van der Waals surface area (Å²) in [5, 5.41) is 2.86. The molecule has 1 aromatic rings. The van der Waals surface area contributed by atoms with Gasteiger partial charge < -0.3 is 10.1 Å². The standard InChI is InChI=1S/C12H15NO2S/c1-7(2)15-9-5-4-6-10-11(9)13-12(14)8(3)16-10/h4-8H,1-3H3,(H,13,14). The first-order chi connectivity index (χ1) is 7.58. The van der Waals surface area contributed by atoms with Crippen LogP contribution in [0.2, 0.25) is 0 Å². The van der Waals surface area contributed by atoms with Gasteiger partial charge in [-0.25, -0.2) is 0 Å². The molecule has 0 fully saturated rings. The second-order valence-corrected chi connectivity index (χ2v) is 5.43. The van der Waals surface area contributed by atoms with Crippen LogP contribution >= 0.6 is 11.8 Å². The molecule has 0 radical (unpaired) electrons. The quantitative estimate of drug-likeness (QED) is 0.859. The van der Waals surface area contributed by atoms with Crippen LogP contribution in [0.1, 0.15) is 20.8 Å². The SMILES string of the molecule is CC(C)Oc1cccc2c1NC(=O)C(C)S2. The molecule has 16 heavy (non-hydrogen) atoms. The highest BCUT2D eigenvalue weighted by Crippen LogP contribution is 2.41. The maximum Gasteiger partial charge on any atom is 0.237 e. The number of carbonyl (C=O) groups is 1. The molecule has 1 atom stereocenters. The first-order valence-electron chi connectivity index (χ1n) is 5.35. The molecule has 1 aliphatic rings. The number of thioether (sulfide) groups is 1. The fourth-order valence-corrected chi connectivity index (χ4v) is 2.53. The normalized spacial score (nSPS) is 19.2. The Bertz CT molecular complexity index is 417. The number of carbonyl (C=O) groups excluding carboxylic acids is 1. The van der Waals surface area contributed by atoms with Gasteiger partial charge in [-0.1, -0.05) is 6.07 Å². The highest BCUT2D eigenvalue weighted by atomic mass is 32.2. The van der Waals surface area contributed by atoms with E-state index >= 15 is 0 Å². The van der Waals surface area contributed by atoms with Crippen molar-refractivity contribution >= 4 is 23.4 Å². The fraction of sp³-hybridized carbons (Fsp3) is 0.417. The molecule has 3 nitrogen and oxygen atoms in total. The summed E-state index contributed by atoms with van der Waals surface area (Å²) >= 11 is 1.57. The van der Waals surface area contributed by atoms with Gasteiger partial charge in [0.1, 0.15) is 5.75 Å². The third kappa shape index (κ3) is 2.16. The van der Waals surface area contributed by atoms with Gasteiger partial charge in [0.25, 0.3) is 0 Å². The Labute approximate surface area is 99.6 Å². The molecular formula is C12H15NO2S. The topological polar surface area (TPSA) is 38.3 Å². The van der Waals surface area contributed by atoms with Crippen LogP contribution in [-0.4, -0.2) is 17.3 Å². The summed E-state index contributed by atoms with van der Waals surface area (Å²) in [5.41, 5.74) is 0.810. The summed E-state index contributed by atoms with van der Waals surface area (Å²) < 4.78 is 5.67. The molecule has 0 spiro atoms. The van der Waals surface area contributed by atoms with Gasteiger partial charge in [-0.15, -0.1) is 11.8 Å². The number of amides is 1. The number of nitrogens with one attached hydrogen (secondary N) is 1. The summed E-state index contributed by atoms with van der Waals surface area (Å²) in [6.07, 6.45) is 0.104. The van der Waals surface area contributed by atoms with Gasteiger partial charge in [0.2, 0.25) is 5.91 Å². The van der Waals surface area contributed by atoms with E-state index < -0.39 is 0 Å². The summed E-state index contributed by atoms with van der Waals surface area (Å²) in [4.78, 5) is 12.7. The molecule has 1 amide bonds. The lowest BCUT2D eigenvalue weighted by molar-refractivity contribution is -0.115. The summed E-state index contributed by atoms with van der Waals surface area (Å²) in [5.74, 6) is 0.789. The molecule has 1 N–H and O–H groups in total. The van der Waals surface area contributed by atoms with Crippen molar-refractivity contribution in [2.75, 3.05) is 5.32 Å². The van der Waals surface area contributed by atoms with Crippen LogP contribution in [-0.2, 0) is 4.79 Å². The number of benzene rings is 1. The summed E-state index contributed by atoms with van der Waals surface area (Å²) in [7, 11) is 0. The van der Waals surface area contributed by atoms with Crippen LogP contribution in [0.25, 0.3) is 0 Å². The lowest BCUT2D eigenvalue weighted by atomic mass is 10.2. The predicted octanol–water partition coefficient (Wildman–Crippen LogP) is 2.91. The Morgan fingerprint density at radius 2 is 2.19 bits per heavy atom. The molecule has 0 saturated carbocycles. The Morgan fingerprint density at radius 3 is 2.88 bits per heavy atom. The number of hydrogen-bond acceptors (Lipinski definition) is 3. The second kappa shape index (κ2) is 4.37.